The summed E-state index contributed by atoms with van der Waals surface area (Å²) in [5.41, 5.74) is 1.82. The average molecular weight is 283 g/mol. The van der Waals surface area contributed by atoms with E-state index in [1.54, 1.807) is 36.4 Å². The summed E-state index contributed by atoms with van der Waals surface area (Å²) in [6, 6.07) is 6.89. The van der Waals surface area contributed by atoms with Crippen LogP contribution in [0.2, 0.25) is 0 Å². The summed E-state index contributed by atoms with van der Waals surface area (Å²) in [6.45, 7) is 9.79. The normalized spacial score (nSPS) is 14.0. The molecule has 3 nitrogen and oxygen atoms in total. The molecule has 3 heteroatoms. The third-order valence-corrected chi connectivity index (χ3v) is 2.93. The van der Waals surface area contributed by atoms with E-state index in [-0.39, 0.29) is 18.4 Å². The minimum absolute atomic E-state index is 0.236. The monoisotopic (exact) mass is 283 g/mol. The fourth-order valence-electron chi connectivity index (χ4n) is 2.09. The molecule has 0 bridgehead atoms. The second-order valence-corrected chi connectivity index (χ2v) is 4.22. The Labute approximate surface area is 126 Å². The molecule has 1 aromatic carbocycles. The molecule has 0 unspecified atom stereocenters. The van der Waals surface area contributed by atoms with Gasteiger partial charge in [-0.25, -0.2) is 0 Å². The first kappa shape index (κ1) is 16.6. The van der Waals surface area contributed by atoms with Crippen molar-refractivity contribution < 1.29 is 9.59 Å². The lowest BCUT2D eigenvalue weighted by molar-refractivity contribution is 0.0669. The first-order valence-electron chi connectivity index (χ1n) is 7.08. The number of amides is 2. The third kappa shape index (κ3) is 3.57. The number of fused-ring (bicyclic) bond motifs is 1. The minimum atomic E-state index is -0.236. The average Bonchev–Trinajstić information content (AvgIpc) is 2.75. The standard InChI is InChI=1S/C16H15NO2.C2H6/c1-3-7-12(8-4-2)11-17-15(18)13-9-5-6-10-14(13)16(17)19;1-2/h3-10H,1,11H2,2H3;1-2H3/b8-4-,12-7+;. The van der Waals surface area contributed by atoms with Crippen molar-refractivity contribution in [1.29, 1.82) is 0 Å². The number of imide groups is 1. The van der Waals surface area contributed by atoms with Crippen LogP contribution in [0.4, 0.5) is 0 Å². The summed E-state index contributed by atoms with van der Waals surface area (Å²) >= 11 is 0. The number of hydrogen-bond acceptors (Lipinski definition) is 2. The molecule has 21 heavy (non-hydrogen) atoms. The largest absolute Gasteiger partial charge is 0.270 e. The van der Waals surface area contributed by atoms with Crippen molar-refractivity contribution >= 4 is 11.8 Å². The van der Waals surface area contributed by atoms with E-state index in [0.717, 1.165) is 5.57 Å². The number of carbonyl (C=O) groups is 2. The Morgan fingerprint density at radius 1 is 1.14 bits per heavy atom. The van der Waals surface area contributed by atoms with Crippen molar-refractivity contribution in [3.63, 3.8) is 0 Å². The highest BCUT2D eigenvalue weighted by Gasteiger charge is 2.34. The van der Waals surface area contributed by atoms with Gasteiger partial charge in [-0.2, -0.15) is 0 Å². The Hall–Kier alpha value is -2.42. The number of carbonyl (C=O) groups excluding carboxylic acids is 2. The van der Waals surface area contributed by atoms with Crippen LogP contribution >= 0.6 is 0 Å². The summed E-state index contributed by atoms with van der Waals surface area (Å²) in [5, 5.41) is 0. The molecule has 1 aromatic rings. The van der Waals surface area contributed by atoms with E-state index in [0.29, 0.717) is 11.1 Å². The summed E-state index contributed by atoms with van der Waals surface area (Å²) in [5.74, 6) is -0.472. The summed E-state index contributed by atoms with van der Waals surface area (Å²) < 4.78 is 0. The molecule has 1 heterocycles. The minimum Gasteiger partial charge on any atom is -0.270 e. The Morgan fingerprint density at radius 3 is 2.10 bits per heavy atom. The van der Waals surface area contributed by atoms with Crippen LogP contribution in [-0.4, -0.2) is 23.3 Å². The van der Waals surface area contributed by atoms with Crippen LogP contribution in [0.1, 0.15) is 41.5 Å². The van der Waals surface area contributed by atoms with E-state index in [1.165, 1.54) is 4.90 Å². The van der Waals surface area contributed by atoms with Gasteiger partial charge in [0.2, 0.25) is 0 Å². The molecule has 0 saturated heterocycles. The lowest BCUT2D eigenvalue weighted by atomic mass is 10.1. The first-order valence-corrected chi connectivity index (χ1v) is 7.08. The zero-order valence-corrected chi connectivity index (χ0v) is 12.8. The van der Waals surface area contributed by atoms with Gasteiger partial charge in [-0.1, -0.05) is 56.9 Å². The van der Waals surface area contributed by atoms with Crippen LogP contribution < -0.4 is 0 Å². The summed E-state index contributed by atoms with van der Waals surface area (Å²) in [6.07, 6.45) is 7.18. The van der Waals surface area contributed by atoms with Gasteiger partial charge < -0.3 is 0 Å². The van der Waals surface area contributed by atoms with Gasteiger partial charge in [-0.15, -0.1) is 0 Å². The van der Waals surface area contributed by atoms with Gasteiger partial charge in [0.1, 0.15) is 0 Å². The fourth-order valence-corrected chi connectivity index (χ4v) is 2.09. The smallest absolute Gasteiger partial charge is 0.261 e. The second kappa shape index (κ2) is 8.00. The van der Waals surface area contributed by atoms with E-state index in [2.05, 4.69) is 6.58 Å². The molecule has 0 aliphatic carbocycles. The van der Waals surface area contributed by atoms with Crippen molar-refractivity contribution in [2.45, 2.75) is 20.8 Å². The number of benzene rings is 1. The molecule has 110 valence electrons. The van der Waals surface area contributed by atoms with Gasteiger partial charge in [0, 0.05) is 0 Å². The lowest BCUT2D eigenvalue weighted by Crippen LogP contribution is -2.31. The van der Waals surface area contributed by atoms with Gasteiger partial charge in [0.15, 0.2) is 0 Å². The Morgan fingerprint density at radius 2 is 1.67 bits per heavy atom. The number of nitrogens with zero attached hydrogens (tertiary/aromatic N) is 1. The Balaban J connectivity index is 0.00000106. The van der Waals surface area contributed by atoms with Crippen molar-refractivity contribution in [2.24, 2.45) is 0 Å². The maximum absolute atomic E-state index is 12.2. The Bertz CT molecular complexity index is 562. The van der Waals surface area contributed by atoms with Crippen LogP contribution in [0.3, 0.4) is 0 Å². The van der Waals surface area contributed by atoms with Crippen LogP contribution in [-0.2, 0) is 0 Å². The molecule has 1 aliphatic rings. The lowest BCUT2D eigenvalue weighted by Gasteiger charge is -2.14. The molecule has 0 fully saturated rings. The van der Waals surface area contributed by atoms with E-state index in [4.69, 9.17) is 0 Å². The van der Waals surface area contributed by atoms with Gasteiger partial charge in [-0.05, 0) is 24.6 Å². The van der Waals surface area contributed by atoms with Gasteiger partial charge >= 0.3 is 0 Å². The molecule has 0 saturated carbocycles. The van der Waals surface area contributed by atoms with Crippen molar-refractivity contribution in [2.75, 3.05) is 6.54 Å². The Kier molecular flexibility index (Phi) is 6.34. The second-order valence-electron chi connectivity index (χ2n) is 4.22. The fraction of sp³-hybridized carbons (Fsp3) is 0.222. The maximum atomic E-state index is 12.2. The molecule has 2 rings (SSSR count). The predicted octanol–water partition coefficient (Wildman–Crippen LogP) is 4.00. The van der Waals surface area contributed by atoms with E-state index in [9.17, 15) is 9.59 Å². The zero-order valence-electron chi connectivity index (χ0n) is 12.8. The van der Waals surface area contributed by atoms with Crippen LogP contribution in [0.25, 0.3) is 0 Å². The van der Waals surface area contributed by atoms with E-state index >= 15 is 0 Å². The summed E-state index contributed by atoms with van der Waals surface area (Å²) in [7, 11) is 0. The SMILES string of the molecule is C=C/C=C(\C=C/C)CN1C(=O)c2ccccc2C1=O.CC. The van der Waals surface area contributed by atoms with Crippen molar-refractivity contribution in [1.82, 2.24) is 4.90 Å². The van der Waals surface area contributed by atoms with Crippen LogP contribution in [0, 0.1) is 0 Å². The molecule has 0 atom stereocenters. The third-order valence-electron chi connectivity index (χ3n) is 2.93. The van der Waals surface area contributed by atoms with Crippen LogP contribution in [0.15, 0.2) is 60.7 Å². The van der Waals surface area contributed by atoms with E-state index < -0.39 is 0 Å². The highest BCUT2D eigenvalue weighted by molar-refractivity contribution is 6.21. The summed E-state index contributed by atoms with van der Waals surface area (Å²) in [4.78, 5) is 25.6. The molecular weight excluding hydrogens is 262 g/mol. The zero-order chi connectivity index (χ0) is 15.8. The topological polar surface area (TPSA) is 37.4 Å². The molecule has 0 spiro atoms. The number of rotatable bonds is 4. The highest BCUT2D eigenvalue weighted by atomic mass is 16.2. The van der Waals surface area contributed by atoms with Gasteiger partial charge in [0.25, 0.3) is 11.8 Å². The molecule has 0 radical (unpaired) electrons. The first-order chi connectivity index (χ1) is 10.2. The maximum Gasteiger partial charge on any atom is 0.261 e. The highest BCUT2D eigenvalue weighted by Crippen LogP contribution is 2.23. The van der Waals surface area contributed by atoms with Gasteiger partial charge in [0.05, 0.1) is 17.7 Å². The molecular formula is C18H21NO2. The van der Waals surface area contributed by atoms with Crippen LogP contribution in [0.5, 0.6) is 0 Å². The molecule has 1 aliphatic heterocycles. The number of allylic oxidation sites excluding steroid dienone is 3. The van der Waals surface area contributed by atoms with Crippen molar-refractivity contribution in [3.05, 3.63) is 71.8 Å². The predicted molar refractivity (Wildman–Crippen MR) is 86.3 cm³/mol. The molecule has 0 N–H and O–H groups in total. The van der Waals surface area contributed by atoms with Crippen molar-refractivity contribution in [3.8, 4) is 0 Å². The molecule has 0 aromatic heterocycles. The molecule has 2 amide bonds. The number of hydrogen-bond donors (Lipinski definition) is 0. The quantitative estimate of drug-likeness (QED) is 0.618. The van der Waals surface area contributed by atoms with E-state index in [1.807, 2.05) is 32.9 Å². The van der Waals surface area contributed by atoms with Gasteiger partial charge in [-0.3, -0.25) is 14.5 Å².